The molecule has 2 aromatic carbocycles. The zero-order valence-electron chi connectivity index (χ0n) is 22.0. The number of carbonyl (C=O) groups is 2. The molecule has 0 saturated carbocycles. The maximum Gasteiger partial charge on any atom is 0.271 e. The van der Waals surface area contributed by atoms with Crippen LogP contribution in [0, 0.1) is 0 Å². The number of hydrogen-bond donors (Lipinski definition) is 1. The highest BCUT2D eigenvalue weighted by molar-refractivity contribution is 7.09. The Morgan fingerprint density at radius 3 is 2.47 bits per heavy atom. The Balaban J connectivity index is 1.30. The van der Waals surface area contributed by atoms with Crippen LogP contribution in [0.1, 0.15) is 53.7 Å². The van der Waals surface area contributed by atoms with Crippen molar-refractivity contribution in [2.24, 2.45) is 0 Å². The lowest BCUT2D eigenvalue weighted by Gasteiger charge is -2.36. The van der Waals surface area contributed by atoms with Crippen molar-refractivity contribution < 1.29 is 23.8 Å². The van der Waals surface area contributed by atoms with E-state index in [4.69, 9.17) is 25.8 Å². The average molecular weight is 558 g/mol. The molecule has 38 heavy (non-hydrogen) atoms. The molecule has 1 N–H and O–H groups in total. The van der Waals surface area contributed by atoms with Gasteiger partial charge in [-0.25, -0.2) is 4.98 Å². The molecule has 0 atom stereocenters. The van der Waals surface area contributed by atoms with E-state index in [2.05, 4.69) is 10.3 Å². The summed E-state index contributed by atoms with van der Waals surface area (Å²) in [7, 11) is 3.16. The van der Waals surface area contributed by atoms with Crippen molar-refractivity contribution in [1.82, 2.24) is 15.2 Å². The van der Waals surface area contributed by atoms with Crippen LogP contribution < -0.4 is 19.5 Å². The number of carbonyl (C=O) groups excluding carboxylic acids is 2. The molecule has 202 valence electrons. The van der Waals surface area contributed by atoms with E-state index in [9.17, 15) is 9.59 Å². The minimum Gasteiger partial charge on any atom is -0.493 e. The van der Waals surface area contributed by atoms with Gasteiger partial charge in [-0.2, -0.15) is 0 Å². The topological polar surface area (TPSA) is 90.0 Å². The van der Waals surface area contributed by atoms with Crippen LogP contribution in [-0.2, 0) is 11.3 Å². The molecular formula is C28H32ClN3O5S. The predicted octanol–water partition coefficient (Wildman–Crippen LogP) is 5.31. The number of benzene rings is 2. The highest BCUT2D eigenvalue weighted by Crippen LogP contribution is 2.33. The lowest BCUT2D eigenvalue weighted by molar-refractivity contribution is -0.146. The van der Waals surface area contributed by atoms with E-state index in [-0.39, 0.29) is 17.7 Å². The van der Waals surface area contributed by atoms with Crippen molar-refractivity contribution in [2.45, 2.75) is 44.8 Å². The van der Waals surface area contributed by atoms with E-state index in [0.29, 0.717) is 47.6 Å². The van der Waals surface area contributed by atoms with Crippen LogP contribution in [0.3, 0.4) is 0 Å². The Bertz CT molecular complexity index is 1290. The van der Waals surface area contributed by atoms with Crippen LogP contribution in [0.25, 0.3) is 0 Å². The number of aromatic nitrogens is 1. The molecule has 2 heterocycles. The first-order valence-electron chi connectivity index (χ1n) is 12.4. The summed E-state index contributed by atoms with van der Waals surface area (Å²) in [6.07, 6.45) is 1.54. The van der Waals surface area contributed by atoms with Crippen molar-refractivity contribution >= 4 is 34.8 Å². The lowest BCUT2D eigenvalue weighted by Crippen LogP contribution is -2.51. The Kier molecular flexibility index (Phi) is 8.79. The fourth-order valence-corrected chi connectivity index (χ4v) is 5.54. The molecule has 0 unspecified atom stereocenters. The zero-order chi connectivity index (χ0) is 27.3. The Morgan fingerprint density at radius 1 is 1.08 bits per heavy atom. The van der Waals surface area contributed by atoms with Crippen LogP contribution in [0.15, 0.2) is 47.8 Å². The van der Waals surface area contributed by atoms with Gasteiger partial charge in [0, 0.05) is 30.9 Å². The molecule has 1 fully saturated rings. The number of thiazole rings is 1. The number of amides is 2. The van der Waals surface area contributed by atoms with Gasteiger partial charge in [0.2, 0.25) is 0 Å². The maximum absolute atomic E-state index is 13.2. The molecule has 0 spiro atoms. The highest BCUT2D eigenvalue weighted by atomic mass is 35.5. The Hall–Kier alpha value is -3.30. The van der Waals surface area contributed by atoms with Crippen molar-refractivity contribution in [2.75, 3.05) is 27.3 Å². The second-order valence-corrected chi connectivity index (χ2v) is 10.8. The molecule has 2 amide bonds. The number of likely N-dealkylation sites (tertiary alicyclic amines) is 1. The normalized spacial score (nSPS) is 14.2. The number of nitrogens with zero attached hydrogens (tertiary/aromatic N) is 2. The summed E-state index contributed by atoms with van der Waals surface area (Å²) in [5.74, 6) is 1.62. The molecule has 8 nitrogen and oxygen atoms in total. The zero-order valence-corrected chi connectivity index (χ0v) is 23.5. The minimum absolute atomic E-state index is 0.0785. The van der Waals surface area contributed by atoms with Gasteiger partial charge in [-0.05, 0) is 56.5 Å². The number of para-hydroxylation sites is 1. The molecule has 0 radical (unpaired) electrons. The van der Waals surface area contributed by atoms with Gasteiger partial charge in [-0.3, -0.25) is 9.59 Å². The number of hydrogen-bond acceptors (Lipinski definition) is 7. The van der Waals surface area contributed by atoms with Gasteiger partial charge in [0.05, 0.1) is 24.2 Å². The second-order valence-electron chi connectivity index (χ2n) is 9.55. The summed E-state index contributed by atoms with van der Waals surface area (Å²) < 4.78 is 16.6. The van der Waals surface area contributed by atoms with Gasteiger partial charge in [0.25, 0.3) is 11.8 Å². The molecule has 1 aliphatic heterocycles. The van der Waals surface area contributed by atoms with Gasteiger partial charge in [-0.1, -0.05) is 29.8 Å². The third-order valence-electron chi connectivity index (χ3n) is 6.50. The largest absolute Gasteiger partial charge is 0.493 e. The van der Waals surface area contributed by atoms with Gasteiger partial charge >= 0.3 is 0 Å². The van der Waals surface area contributed by atoms with Gasteiger partial charge in [-0.15, -0.1) is 11.3 Å². The first-order chi connectivity index (χ1) is 18.2. The van der Waals surface area contributed by atoms with Crippen LogP contribution in [-0.4, -0.2) is 54.6 Å². The Labute approximate surface area is 231 Å². The summed E-state index contributed by atoms with van der Waals surface area (Å²) >= 11 is 7.70. The average Bonchev–Trinajstić information content (AvgIpc) is 3.43. The predicted molar refractivity (Wildman–Crippen MR) is 148 cm³/mol. The number of methoxy groups -OCH3 is 2. The standard InChI is InChI=1S/C28H32ClN3O5S/c1-28(2,37-22-8-6-5-7-20(22)29)27(34)32-13-11-19(12-14-32)26-31-21(17-38-26)25(33)30-16-18-9-10-23(35-3)24(15-18)36-4/h5-10,15,17,19H,11-14,16H2,1-4H3,(H,30,33). The van der Waals surface area contributed by atoms with E-state index < -0.39 is 5.60 Å². The van der Waals surface area contributed by atoms with E-state index >= 15 is 0 Å². The van der Waals surface area contributed by atoms with E-state index in [1.165, 1.54) is 11.3 Å². The fraction of sp³-hybridized carbons (Fsp3) is 0.393. The molecule has 1 aliphatic rings. The molecule has 10 heteroatoms. The summed E-state index contributed by atoms with van der Waals surface area (Å²) in [4.78, 5) is 32.4. The van der Waals surface area contributed by atoms with Crippen molar-refractivity contribution in [3.63, 3.8) is 0 Å². The number of nitrogens with one attached hydrogen (secondary N) is 1. The van der Waals surface area contributed by atoms with Gasteiger partial charge in [0.15, 0.2) is 17.1 Å². The highest BCUT2D eigenvalue weighted by Gasteiger charge is 2.37. The number of rotatable bonds is 9. The van der Waals surface area contributed by atoms with Crippen molar-refractivity contribution in [3.8, 4) is 17.2 Å². The van der Waals surface area contributed by atoms with E-state index in [0.717, 1.165) is 23.4 Å². The van der Waals surface area contributed by atoms with Crippen LogP contribution in [0.5, 0.6) is 17.2 Å². The van der Waals surface area contributed by atoms with Crippen LogP contribution in [0.4, 0.5) is 0 Å². The van der Waals surface area contributed by atoms with Crippen LogP contribution in [0.2, 0.25) is 5.02 Å². The fourth-order valence-electron chi connectivity index (χ4n) is 4.40. The lowest BCUT2D eigenvalue weighted by atomic mass is 9.96. The molecule has 3 aromatic rings. The summed E-state index contributed by atoms with van der Waals surface area (Å²) in [6, 6.07) is 12.7. The third kappa shape index (κ3) is 6.39. The van der Waals surface area contributed by atoms with Crippen molar-refractivity contribution in [3.05, 3.63) is 69.1 Å². The van der Waals surface area contributed by atoms with Crippen molar-refractivity contribution in [1.29, 1.82) is 0 Å². The third-order valence-corrected chi connectivity index (χ3v) is 7.82. The summed E-state index contributed by atoms with van der Waals surface area (Å²) in [5, 5.41) is 6.09. The summed E-state index contributed by atoms with van der Waals surface area (Å²) in [6.45, 7) is 5.06. The molecule has 1 aromatic heterocycles. The first kappa shape index (κ1) is 27.7. The molecule has 0 aliphatic carbocycles. The van der Waals surface area contributed by atoms with E-state index in [1.807, 2.05) is 35.2 Å². The summed E-state index contributed by atoms with van der Waals surface area (Å²) in [5.41, 5.74) is 0.251. The molecular weight excluding hydrogens is 526 g/mol. The SMILES string of the molecule is COc1ccc(CNC(=O)c2csc(C3CCN(C(=O)C(C)(C)Oc4ccccc4Cl)CC3)n2)cc1OC. The first-order valence-corrected chi connectivity index (χ1v) is 13.6. The molecule has 0 bridgehead atoms. The van der Waals surface area contributed by atoms with Gasteiger partial charge in [0.1, 0.15) is 11.4 Å². The molecule has 1 saturated heterocycles. The minimum atomic E-state index is -1.04. The smallest absolute Gasteiger partial charge is 0.271 e. The quantitative estimate of drug-likeness (QED) is 0.383. The maximum atomic E-state index is 13.2. The number of ether oxygens (including phenoxy) is 3. The molecule has 4 rings (SSSR count). The second kappa shape index (κ2) is 12.0. The van der Waals surface area contributed by atoms with E-state index in [1.54, 1.807) is 45.6 Å². The Morgan fingerprint density at radius 2 is 1.79 bits per heavy atom. The number of halogens is 1. The van der Waals surface area contributed by atoms with Gasteiger partial charge < -0.3 is 24.4 Å². The van der Waals surface area contributed by atoms with Crippen LogP contribution >= 0.6 is 22.9 Å². The number of piperidine rings is 1. The monoisotopic (exact) mass is 557 g/mol.